The smallest absolute Gasteiger partial charge is 0.408 e. The molecule has 0 aliphatic rings. The summed E-state index contributed by atoms with van der Waals surface area (Å²) in [5.74, 6) is -0.291. The van der Waals surface area contributed by atoms with Gasteiger partial charge in [0, 0.05) is 15.7 Å². The average Bonchev–Trinajstić information content (AvgIpc) is 2.55. The summed E-state index contributed by atoms with van der Waals surface area (Å²) in [6.07, 6.45) is -0.243. The van der Waals surface area contributed by atoms with E-state index in [1.54, 1.807) is 20.8 Å². The number of hydrogen-bond donors (Lipinski definition) is 2. The molecule has 26 heavy (non-hydrogen) atoms. The molecular weight excluding hydrogens is 443 g/mol. The normalized spacial score (nSPS) is 12.2. The van der Waals surface area contributed by atoms with Crippen LogP contribution in [0.1, 0.15) is 26.3 Å². The topological polar surface area (TPSA) is 67.4 Å². The van der Waals surface area contributed by atoms with Gasteiger partial charge in [0.05, 0.1) is 0 Å². The van der Waals surface area contributed by atoms with Crippen molar-refractivity contribution in [1.82, 2.24) is 5.32 Å². The predicted molar refractivity (Wildman–Crippen MR) is 111 cm³/mol. The quantitative estimate of drug-likeness (QED) is 0.644. The van der Waals surface area contributed by atoms with Crippen molar-refractivity contribution in [2.75, 3.05) is 5.32 Å². The fourth-order valence-electron chi connectivity index (χ4n) is 2.27. The summed E-state index contributed by atoms with van der Waals surface area (Å²) in [6.45, 7) is 5.35. The fraction of sp³-hybridized carbons (Fsp3) is 0.300. The van der Waals surface area contributed by atoms with E-state index in [9.17, 15) is 9.59 Å². The van der Waals surface area contributed by atoms with Crippen LogP contribution in [0.25, 0.3) is 0 Å². The zero-order chi connectivity index (χ0) is 19.2. The molecule has 0 radical (unpaired) electrons. The van der Waals surface area contributed by atoms with Gasteiger partial charge in [0.15, 0.2) is 0 Å². The maximum Gasteiger partial charge on any atom is 0.408 e. The minimum Gasteiger partial charge on any atom is -0.444 e. The van der Waals surface area contributed by atoms with Crippen LogP contribution in [0.15, 0.2) is 54.6 Å². The summed E-state index contributed by atoms with van der Waals surface area (Å²) < 4.78 is 6.37. The van der Waals surface area contributed by atoms with E-state index >= 15 is 0 Å². The van der Waals surface area contributed by atoms with Gasteiger partial charge in [-0.2, -0.15) is 0 Å². The number of nitrogens with one attached hydrogen (secondary N) is 2. The molecule has 2 aromatic carbocycles. The van der Waals surface area contributed by atoms with Crippen molar-refractivity contribution >= 4 is 40.3 Å². The minimum absolute atomic E-state index is 0.291. The molecule has 138 valence electrons. The second-order valence-corrected chi connectivity index (χ2v) is 8.13. The number of carbonyl (C=O) groups excluding carboxylic acids is 2. The number of ether oxygens (including phenoxy) is 1. The molecule has 0 fully saturated rings. The van der Waals surface area contributed by atoms with Crippen LogP contribution < -0.4 is 10.6 Å². The molecular formula is C20H23IN2O3. The number of alkyl carbamates (subject to hydrolysis) is 1. The number of anilines is 1. The Morgan fingerprint density at radius 2 is 1.65 bits per heavy atom. The van der Waals surface area contributed by atoms with Crippen molar-refractivity contribution in [3.05, 3.63) is 63.7 Å². The summed E-state index contributed by atoms with van der Waals surface area (Å²) >= 11 is 2.20. The number of halogens is 1. The highest BCUT2D eigenvalue weighted by Gasteiger charge is 2.24. The zero-order valence-electron chi connectivity index (χ0n) is 15.1. The van der Waals surface area contributed by atoms with Gasteiger partial charge >= 0.3 is 6.09 Å². The number of amides is 2. The molecule has 2 rings (SSSR count). The third-order valence-corrected chi connectivity index (χ3v) is 4.12. The summed E-state index contributed by atoms with van der Waals surface area (Å²) in [5, 5.41) is 5.52. The Labute approximate surface area is 167 Å². The summed E-state index contributed by atoms with van der Waals surface area (Å²) in [5.41, 5.74) is 0.999. The lowest BCUT2D eigenvalue weighted by molar-refractivity contribution is -0.118. The number of rotatable bonds is 5. The molecule has 0 aliphatic heterocycles. The van der Waals surface area contributed by atoms with Crippen LogP contribution >= 0.6 is 22.6 Å². The van der Waals surface area contributed by atoms with E-state index in [-0.39, 0.29) is 5.91 Å². The van der Waals surface area contributed by atoms with Gasteiger partial charge in [-0.1, -0.05) is 30.3 Å². The molecule has 0 aromatic heterocycles. The molecule has 2 N–H and O–H groups in total. The van der Waals surface area contributed by atoms with E-state index in [4.69, 9.17) is 4.74 Å². The molecule has 1 unspecified atom stereocenters. The zero-order valence-corrected chi connectivity index (χ0v) is 17.2. The van der Waals surface area contributed by atoms with E-state index in [1.165, 1.54) is 0 Å². The SMILES string of the molecule is CC(C)(C)OC(=O)NC(Cc1ccccc1)C(=O)Nc1ccc(I)cc1. The lowest BCUT2D eigenvalue weighted by Gasteiger charge is -2.23. The van der Waals surface area contributed by atoms with E-state index in [0.717, 1.165) is 9.13 Å². The van der Waals surface area contributed by atoms with Gasteiger partial charge in [-0.25, -0.2) is 4.79 Å². The van der Waals surface area contributed by atoms with E-state index in [1.807, 2.05) is 54.6 Å². The predicted octanol–water partition coefficient (Wildman–Crippen LogP) is 4.37. The molecule has 0 spiro atoms. The van der Waals surface area contributed by atoms with Crippen LogP contribution in [0.4, 0.5) is 10.5 Å². The first-order valence-electron chi connectivity index (χ1n) is 8.33. The standard InChI is InChI=1S/C20H23IN2O3/c1-20(2,3)26-19(25)23-17(13-14-7-5-4-6-8-14)18(24)22-16-11-9-15(21)10-12-16/h4-12,17H,13H2,1-3H3,(H,22,24)(H,23,25). The Morgan fingerprint density at radius 3 is 2.23 bits per heavy atom. The van der Waals surface area contributed by atoms with E-state index in [2.05, 4.69) is 33.2 Å². The van der Waals surface area contributed by atoms with Crippen LogP contribution in [-0.4, -0.2) is 23.6 Å². The highest BCUT2D eigenvalue weighted by molar-refractivity contribution is 14.1. The van der Waals surface area contributed by atoms with Gasteiger partial charge in [0.2, 0.25) is 5.91 Å². The van der Waals surface area contributed by atoms with Crippen molar-refractivity contribution < 1.29 is 14.3 Å². The Balaban J connectivity index is 2.11. The summed E-state index contributed by atoms with van der Waals surface area (Å²) in [7, 11) is 0. The van der Waals surface area contributed by atoms with Crippen LogP contribution in [0.2, 0.25) is 0 Å². The van der Waals surface area contributed by atoms with Gasteiger partial charge in [0.1, 0.15) is 11.6 Å². The number of carbonyl (C=O) groups is 2. The highest BCUT2D eigenvalue weighted by Crippen LogP contribution is 2.13. The number of hydrogen-bond acceptors (Lipinski definition) is 3. The molecule has 6 heteroatoms. The van der Waals surface area contributed by atoms with Gasteiger partial charge in [-0.05, 0) is 73.2 Å². The first kappa shape index (κ1) is 20.2. The molecule has 0 saturated heterocycles. The molecule has 5 nitrogen and oxygen atoms in total. The molecule has 2 aromatic rings. The monoisotopic (exact) mass is 466 g/mol. The average molecular weight is 466 g/mol. The van der Waals surface area contributed by atoms with Crippen molar-refractivity contribution in [1.29, 1.82) is 0 Å². The first-order chi connectivity index (χ1) is 12.2. The van der Waals surface area contributed by atoms with Crippen LogP contribution in [0.5, 0.6) is 0 Å². The maximum atomic E-state index is 12.7. The van der Waals surface area contributed by atoms with Gasteiger partial charge in [-0.15, -0.1) is 0 Å². The molecule has 0 saturated carbocycles. The van der Waals surface area contributed by atoms with E-state index in [0.29, 0.717) is 12.1 Å². The van der Waals surface area contributed by atoms with Crippen molar-refractivity contribution in [3.8, 4) is 0 Å². The third-order valence-electron chi connectivity index (χ3n) is 3.40. The van der Waals surface area contributed by atoms with E-state index < -0.39 is 17.7 Å². The van der Waals surface area contributed by atoms with Crippen molar-refractivity contribution in [2.24, 2.45) is 0 Å². The first-order valence-corrected chi connectivity index (χ1v) is 9.41. The number of benzene rings is 2. The molecule has 0 heterocycles. The minimum atomic E-state index is -0.744. The van der Waals surface area contributed by atoms with Crippen molar-refractivity contribution in [3.63, 3.8) is 0 Å². The Hall–Kier alpha value is -2.09. The Bertz CT molecular complexity index is 740. The molecule has 1 atom stereocenters. The Kier molecular flexibility index (Phi) is 7.02. The second kappa shape index (κ2) is 9.02. The van der Waals surface area contributed by atoms with Gasteiger partial charge in [-0.3, -0.25) is 4.79 Å². The molecule has 2 amide bonds. The third kappa shape index (κ3) is 7.03. The molecule has 0 aliphatic carbocycles. The van der Waals surface area contributed by atoms with Crippen LogP contribution in [0.3, 0.4) is 0 Å². The van der Waals surface area contributed by atoms with Gasteiger partial charge in [0.25, 0.3) is 0 Å². The van der Waals surface area contributed by atoms with Crippen LogP contribution in [0, 0.1) is 3.57 Å². The van der Waals surface area contributed by atoms with Gasteiger partial charge < -0.3 is 15.4 Å². The highest BCUT2D eigenvalue weighted by atomic mass is 127. The molecule has 0 bridgehead atoms. The van der Waals surface area contributed by atoms with Crippen LogP contribution in [-0.2, 0) is 16.0 Å². The second-order valence-electron chi connectivity index (χ2n) is 6.88. The van der Waals surface area contributed by atoms with Crippen molar-refractivity contribution in [2.45, 2.75) is 38.8 Å². The maximum absolute atomic E-state index is 12.7. The fourth-order valence-corrected chi connectivity index (χ4v) is 2.63. The summed E-state index contributed by atoms with van der Waals surface area (Å²) in [6, 6.07) is 16.3. The Morgan fingerprint density at radius 1 is 1.04 bits per heavy atom. The summed E-state index contributed by atoms with van der Waals surface area (Å²) in [4.78, 5) is 24.9. The lowest BCUT2D eigenvalue weighted by atomic mass is 10.1. The lowest BCUT2D eigenvalue weighted by Crippen LogP contribution is -2.47. The largest absolute Gasteiger partial charge is 0.444 e.